The molecule has 0 radical (unpaired) electrons. The number of alkyl halides is 3. The number of nitrogens with one attached hydrogen (secondary N) is 1. The molecule has 2 aromatic heterocycles. The summed E-state index contributed by atoms with van der Waals surface area (Å²) in [6.45, 7) is 2.14. The van der Waals surface area contributed by atoms with Gasteiger partial charge in [0, 0.05) is 6.54 Å². The molecule has 0 bridgehead atoms. The Morgan fingerprint density at radius 3 is 2.68 bits per heavy atom. The second-order valence-corrected chi connectivity index (χ2v) is 5.92. The highest BCUT2D eigenvalue weighted by molar-refractivity contribution is 6.33. The number of fused-ring (bicyclic) bond motifs is 1. The van der Waals surface area contributed by atoms with Gasteiger partial charge in [-0.05, 0) is 44.3 Å². The van der Waals surface area contributed by atoms with Gasteiger partial charge in [-0.25, -0.2) is 9.97 Å². The molecular formula is C14H16ClF3N4. The van der Waals surface area contributed by atoms with Crippen LogP contribution in [0.3, 0.4) is 0 Å². The van der Waals surface area contributed by atoms with Crippen LogP contribution in [0.25, 0.3) is 11.0 Å². The molecule has 1 fully saturated rings. The van der Waals surface area contributed by atoms with Crippen molar-refractivity contribution in [2.75, 3.05) is 13.1 Å². The Balaban J connectivity index is 1.93. The van der Waals surface area contributed by atoms with Crippen molar-refractivity contribution in [2.45, 2.75) is 32.0 Å². The summed E-state index contributed by atoms with van der Waals surface area (Å²) >= 11 is 5.90. The van der Waals surface area contributed by atoms with Gasteiger partial charge >= 0.3 is 6.18 Å². The maximum Gasteiger partial charge on any atom is 0.431 e. The summed E-state index contributed by atoms with van der Waals surface area (Å²) < 4.78 is 41.0. The van der Waals surface area contributed by atoms with Crippen molar-refractivity contribution in [3.63, 3.8) is 0 Å². The second-order valence-electron chi connectivity index (χ2n) is 5.56. The average molecular weight is 333 g/mol. The summed E-state index contributed by atoms with van der Waals surface area (Å²) in [5.74, 6) is 0.442. The first-order chi connectivity index (χ1) is 10.5. The summed E-state index contributed by atoms with van der Waals surface area (Å²) in [7, 11) is 0. The minimum absolute atomic E-state index is 0.0520. The largest absolute Gasteiger partial charge is 0.431 e. The highest BCUT2D eigenvalue weighted by atomic mass is 35.5. The SMILES string of the molecule is FC(F)(F)c1cc2c(Cl)ncnc2n1CCC1CCNCC1. The van der Waals surface area contributed by atoms with E-state index in [1.807, 2.05) is 0 Å². The van der Waals surface area contributed by atoms with Crippen molar-refractivity contribution >= 4 is 22.6 Å². The molecule has 1 N–H and O–H groups in total. The van der Waals surface area contributed by atoms with E-state index in [2.05, 4.69) is 15.3 Å². The van der Waals surface area contributed by atoms with E-state index in [0.29, 0.717) is 12.3 Å². The van der Waals surface area contributed by atoms with E-state index in [0.717, 1.165) is 32.0 Å². The van der Waals surface area contributed by atoms with Gasteiger partial charge in [0.1, 0.15) is 22.8 Å². The van der Waals surface area contributed by atoms with Crippen LogP contribution in [0.5, 0.6) is 0 Å². The van der Waals surface area contributed by atoms with E-state index < -0.39 is 11.9 Å². The normalized spacial score (nSPS) is 17.3. The van der Waals surface area contributed by atoms with Crippen molar-refractivity contribution in [1.82, 2.24) is 19.9 Å². The fraction of sp³-hybridized carbons (Fsp3) is 0.571. The van der Waals surface area contributed by atoms with Gasteiger partial charge in [0.25, 0.3) is 0 Å². The predicted octanol–water partition coefficient (Wildman–Crippen LogP) is 3.49. The van der Waals surface area contributed by atoms with Crippen LogP contribution in [-0.2, 0) is 12.7 Å². The topological polar surface area (TPSA) is 42.7 Å². The minimum atomic E-state index is -4.43. The number of halogens is 4. The van der Waals surface area contributed by atoms with E-state index in [4.69, 9.17) is 11.6 Å². The van der Waals surface area contributed by atoms with Gasteiger partial charge in [-0.3, -0.25) is 0 Å². The van der Waals surface area contributed by atoms with E-state index >= 15 is 0 Å². The van der Waals surface area contributed by atoms with Crippen LogP contribution in [0.15, 0.2) is 12.4 Å². The second kappa shape index (κ2) is 6.04. The Morgan fingerprint density at radius 2 is 2.00 bits per heavy atom. The van der Waals surface area contributed by atoms with Crippen molar-refractivity contribution in [3.05, 3.63) is 23.2 Å². The molecule has 2 aromatic rings. The standard InChI is InChI=1S/C14H16ClF3N4/c15-12-10-7-11(14(16,17)18)22(13(10)21-8-20-12)6-3-9-1-4-19-5-2-9/h7-9,19H,1-6H2. The molecule has 3 heterocycles. The van der Waals surface area contributed by atoms with Crippen molar-refractivity contribution in [3.8, 4) is 0 Å². The van der Waals surface area contributed by atoms with Gasteiger partial charge in [-0.15, -0.1) is 0 Å². The number of hydrogen-bond acceptors (Lipinski definition) is 3. The third-order valence-corrected chi connectivity index (χ3v) is 4.45. The van der Waals surface area contributed by atoms with Gasteiger partial charge < -0.3 is 9.88 Å². The summed E-state index contributed by atoms with van der Waals surface area (Å²) in [6, 6.07) is 1.04. The van der Waals surface area contributed by atoms with Gasteiger partial charge in [0.2, 0.25) is 0 Å². The molecule has 0 unspecified atom stereocenters. The monoisotopic (exact) mass is 332 g/mol. The third kappa shape index (κ3) is 3.05. The lowest BCUT2D eigenvalue weighted by Crippen LogP contribution is -2.28. The molecule has 4 nitrogen and oxygen atoms in total. The number of hydrogen-bond donors (Lipinski definition) is 1. The molecule has 0 aliphatic carbocycles. The highest BCUT2D eigenvalue weighted by Crippen LogP contribution is 2.35. The molecule has 0 amide bonds. The van der Waals surface area contributed by atoms with E-state index in [1.54, 1.807) is 0 Å². The first-order valence-electron chi connectivity index (χ1n) is 7.24. The van der Waals surface area contributed by atoms with Crippen molar-refractivity contribution in [1.29, 1.82) is 0 Å². The molecule has 0 saturated carbocycles. The van der Waals surface area contributed by atoms with Crippen LogP contribution in [-0.4, -0.2) is 27.6 Å². The Morgan fingerprint density at radius 1 is 1.27 bits per heavy atom. The van der Waals surface area contributed by atoms with Gasteiger partial charge in [0.05, 0.1) is 5.39 Å². The summed E-state index contributed by atoms with van der Waals surface area (Å²) in [5.41, 5.74) is -0.458. The zero-order valence-corrected chi connectivity index (χ0v) is 12.6. The van der Waals surface area contributed by atoms with Crippen molar-refractivity contribution < 1.29 is 13.2 Å². The van der Waals surface area contributed by atoms with Crippen LogP contribution >= 0.6 is 11.6 Å². The van der Waals surface area contributed by atoms with Gasteiger partial charge in [-0.2, -0.15) is 13.2 Å². The molecule has 0 atom stereocenters. The fourth-order valence-electron chi connectivity index (χ4n) is 2.98. The average Bonchev–Trinajstić information content (AvgIpc) is 2.86. The van der Waals surface area contributed by atoms with Gasteiger partial charge in [-0.1, -0.05) is 11.6 Å². The summed E-state index contributed by atoms with van der Waals surface area (Å²) in [6.07, 6.45) is -0.535. The first kappa shape index (κ1) is 15.6. The molecule has 1 aliphatic rings. The lowest BCUT2D eigenvalue weighted by molar-refractivity contribution is -0.143. The molecule has 0 spiro atoms. The van der Waals surface area contributed by atoms with E-state index in [9.17, 15) is 13.2 Å². The summed E-state index contributed by atoms with van der Waals surface area (Å²) in [5, 5.41) is 3.56. The Labute approximate surface area is 130 Å². The number of rotatable bonds is 3. The Kier molecular flexibility index (Phi) is 4.27. The third-order valence-electron chi connectivity index (χ3n) is 4.15. The van der Waals surface area contributed by atoms with Crippen LogP contribution < -0.4 is 5.32 Å². The molecule has 120 valence electrons. The van der Waals surface area contributed by atoms with Crippen molar-refractivity contribution in [2.24, 2.45) is 5.92 Å². The Bertz CT molecular complexity index is 662. The smallest absolute Gasteiger partial charge is 0.322 e. The number of nitrogens with zero attached hydrogens (tertiary/aromatic N) is 3. The molecule has 1 aliphatic heterocycles. The minimum Gasteiger partial charge on any atom is -0.322 e. The highest BCUT2D eigenvalue weighted by Gasteiger charge is 2.36. The van der Waals surface area contributed by atoms with E-state index in [1.165, 1.54) is 10.9 Å². The number of aromatic nitrogens is 3. The van der Waals surface area contributed by atoms with Crippen LogP contribution in [0.4, 0.5) is 13.2 Å². The number of aryl methyl sites for hydroxylation is 1. The Hall–Kier alpha value is -1.34. The fourth-order valence-corrected chi connectivity index (χ4v) is 3.16. The maximum atomic E-state index is 13.3. The molecule has 0 aromatic carbocycles. The van der Waals surface area contributed by atoms with Crippen LogP contribution in [0.1, 0.15) is 25.0 Å². The lowest BCUT2D eigenvalue weighted by Gasteiger charge is -2.23. The quantitative estimate of drug-likeness (QED) is 0.875. The molecular weight excluding hydrogens is 317 g/mol. The van der Waals surface area contributed by atoms with E-state index in [-0.39, 0.29) is 22.7 Å². The lowest BCUT2D eigenvalue weighted by atomic mass is 9.95. The summed E-state index contributed by atoms with van der Waals surface area (Å²) in [4.78, 5) is 7.75. The zero-order chi connectivity index (χ0) is 15.7. The van der Waals surface area contributed by atoms with Crippen LogP contribution in [0.2, 0.25) is 5.15 Å². The van der Waals surface area contributed by atoms with Gasteiger partial charge in [0.15, 0.2) is 0 Å². The zero-order valence-electron chi connectivity index (χ0n) is 11.8. The molecule has 22 heavy (non-hydrogen) atoms. The first-order valence-corrected chi connectivity index (χ1v) is 7.62. The predicted molar refractivity (Wildman–Crippen MR) is 77.8 cm³/mol. The number of piperidine rings is 1. The van der Waals surface area contributed by atoms with Crippen LogP contribution in [0, 0.1) is 5.92 Å². The molecule has 3 rings (SSSR count). The molecule has 1 saturated heterocycles. The molecule has 8 heteroatoms. The maximum absolute atomic E-state index is 13.3.